The molecule has 0 N–H and O–H groups in total. The molecule has 1 heterocycles. The van der Waals surface area contributed by atoms with Gasteiger partial charge in [0.25, 0.3) is 0 Å². The first-order chi connectivity index (χ1) is 7.04. The van der Waals surface area contributed by atoms with E-state index in [-0.39, 0.29) is 0 Å². The lowest BCUT2D eigenvalue weighted by Crippen LogP contribution is -2.25. The zero-order valence-corrected chi connectivity index (χ0v) is 7.92. The van der Waals surface area contributed by atoms with Crippen molar-refractivity contribution in [2.45, 2.75) is 19.3 Å². The highest BCUT2D eigenvalue weighted by atomic mass is 19.4. The average molecular weight is 217 g/mol. The fourth-order valence-electron chi connectivity index (χ4n) is 1.56. The van der Waals surface area contributed by atoms with Crippen LogP contribution in [0.3, 0.4) is 0 Å². The number of hydrogen-bond donors (Lipinski definition) is 0. The van der Waals surface area contributed by atoms with E-state index in [0.29, 0.717) is 13.1 Å². The number of hydroxylamine groups is 2. The third-order valence-corrected chi connectivity index (χ3v) is 2.22. The third kappa shape index (κ3) is 2.70. The molecule has 1 aromatic rings. The molecule has 0 unspecified atom stereocenters. The minimum Gasteiger partial charge on any atom is -0.289 e. The molecule has 1 aliphatic rings. The fraction of sp³-hybridized carbons (Fsp3) is 0.400. The van der Waals surface area contributed by atoms with Crippen molar-refractivity contribution >= 4 is 0 Å². The maximum atomic E-state index is 11.9. The molecule has 0 amide bonds. The molecule has 0 saturated heterocycles. The lowest BCUT2D eigenvalue weighted by Gasteiger charge is -2.15. The molecule has 0 atom stereocenters. The predicted octanol–water partition coefficient (Wildman–Crippen LogP) is 2.50. The van der Waals surface area contributed by atoms with Crippen LogP contribution in [-0.4, -0.2) is 17.8 Å². The lowest BCUT2D eigenvalue weighted by atomic mass is 10.1. The van der Waals surface area contributed by atoms with E-state index in [2.05, 4.69) is 4.84 Å². The Bertz CT molecular complexity index is 326. The summed E-state index contributed by atoms with van der Waals surface area (Å²) in [7, 11) is 0. The molecule has 0 bridgehead atoms. The molecule has 5 heteroatoms. The van der Waals surface area contributed by atoms with Crippen molar-refractivity contribution in [3.8, 4) is 0 Å². The summed E-state index contributed by atoms with van der Waals surface area (Å²) >= 11 is 0. The highest BCUT2D eigenvalue weighted by molar-refractivity contribution is 5.29. The van der Waals surface area contributed by atoms with Gasteiger partial charge in [-0.3, -0.25) is 4.84 Å². The van der Waals surface area contributed by atoms with Gasteiger partial charge in [0.05, 0.1) is 0 Å². The van der Waals surface area contributed by atoms with E-state index in [1.807, 2.05) is 24.3 Å². The van der Waals surface area contributed by atoms with Gasteiger partial charge in [0, 0.05) is 13.1 Å². The molecule has 1 aliphatic heterocycles. The van der Waals surface area contributed by atoms with Gasteiger partial charge in [-0.1, -0.05) is 24.3 Å². The Hall–Kier alpha value is -1.07. The topological polar surface area (TPSA) is 12.5 Å². The van der Waals surface area contributed by atoms with Gasteiger partial charge in [0.15, 0.2) is 6.61 Å². The number of nitrogens with zero attached hydrogens (tertiary/aromatic N) is 1. The van der Waals surface area contributed by atoms with E-state index in [0.717, 1.165) is 11.1 Å². The number of fused-ring (bicyclic) bond motifs is 1. The van der Waals surface area contributed by atoms with Crippen molar-refractivity contribution < 1.29 is 18.0 Å². The number of alkyl halides is 3. The molecule has 2 nitrogen and oxygen atoms in total. The Labute approximate surface area is 85.2 Å². The maximum absolute atomic E-state index is 11.9. The molecule has 0 aliphatic carbocycles. The second-order valence-corrected chi connectivity index (χ2v) is 3.46. The monoisotopic (exact) mass is 217 g/mol. The number of rotatable bonds is 2. The molecule has 0 aromatic heterocycles. The Kier molecular flexibility index (Phi) is 2.67. The van der Waals surface area contributed by atoms with Crippen LogP contribution in [0.15, 0.2) is 24.3 Å². The minimum absolute atomic E-state index is 0.423. The molecule has 0 radical (unpaired) electrons. The fourth-order valence-corrected chi connectivity index (χ4v) is 1.56. The lowest BCUT2D eigenvalue weighted by molar-refractivity contribution is -0.256. The van der Waals surface area contributed by atoms with Crippen LogP contribution >= 0.6 is 0 Å². The van der Waals surface area contributed by atoms with Crippen molar-refractivity contribution in [1.82, 2.24) is 5.06 Å². The van der Waals surface area contributed by atoms with Gasteiger partial charge in [0.2, 0.25) is 0 Å². The van der Waals surface area contributed by atoms with Crippen LogP contribution in [0.25, 0.3) is 0 Å². The summed E-state index contributed by atoms with van der Waals surface area (Å²) in [5.41, 5.74) is 2.05. The van der Waals surface area contributed by atoms with Crippen LogP contribution in [0.4, 0.5) is 13.2 Å². The SMILES string of the molecule is FC(F)(F)CON1Cc2ccccc2C1. The smallest absolute Gasteiger partial charge is 0.289 e. The van der Waals surface area contributed by atoms with E-state index < -0.39 is 12.8 Å². The first-order valence-electron chi connectivity index (χ1n) is 4.56. The summed E-state index contributed by atoms with van der Waals surface area (Å²) in [6.45, 7) is -0.376. The Morgan fingerprint density at radius 3 is 2.13 bits per heavy atom. The molecule has 82 valence electrons. The zero-order valence-electron chi connectivity index (χ0n) is 7.92. The quantitative estimate of drug-likeness (QED) is 0.754. The Morgan fingerprint density at radius 2 is 1.67 bits per heavy atom. The first kappa shape index (κ1) is 10.4. The Balaban J connectivity index is 1.91. The van der Waals surface area contributed by atoms with Gasteiger partial charge in [-0.15, -0.1) is 0 Å². The molecule has 15 heavy (non-hydrogen) atoms. The highest BCUT2D eigenvalue weighted by Crippen LogP contribution is 2.24. The van der Waals surface area contributed by atoms with Crippen molar-refractivity contribution in [3.05, 3.63) is 35.4 Å². The van der Waals surface area contributed by atoms with E-state index >= 15 is 0 Å². The van der Waals surface area contributed by atoms with Crippen molar-refractivity contribution in [1.29, 1.82) is 0 Å². The van der Waals surface area contributed by atoms with Gasteiger partial charge in [0.1, 0.15) is 0 Å². The molecule has 0 saturated carbocycles. The molecule has 0 spiro atoms. The second-order valence-electron chi connectivity index (χ2n) is 3.46. The summed E-state index contributed by atoms with van der Waals surface area (Å²) in [5, 5.41) is 1.33. The maximum Gasteiger partial charge on any atom is 0.413 e. The van der Waals surface area contributed by atoms with Crippen molar-refractivity contribution in [3.63, 3.8) is 0 Å². The van der Waals surface area contributed by atoms with Crippen LogP contribution in [0.1, 0.15) is 11.1 Å². The normalized spacial score (nSPS) is 16.7. The second kappa shape index (κ2) is 3.83. The summed E-state index contributed by atoms with van der Waals surface area (Å²) in [6.07, 6.45) is -4.27. The van der Waals surface area contributed by atoms with E-state index in [1.54, 1.807) is 0 Å². The van der Waals surface area contributed by atoms with Gasteiger partial charge in [-0.2, -0.15) is 18.2 Å². The van der Waals surface area contributed by atoms with Gasteiger partial charge in [-0.25, -0.2) is 0 Å². The molecular formula is C10H10F3NO. The van der Waals surface area contributed by atoms with Crippen LogP contribution < -0.4 is 0 Å². The van der Waals surface area contributed by atoms with Crippen LogP contribution in [0.5, 0.6) is 0 Å². The minimum atomic E-state index is -4.27. The molecule has 1 aromatic carbocycles. The van der Waals surface area contributed by atoms with E-state index in [1.165, 1.54) is 5.06 Å². The standard InChI is InChI=1S/C10H10F3NO/c11-10(12,13)7-15-14-5-8-3-1-2-4-9(8)6-14/h1-4H,5-7H2. The summed E-state index contributed by atoms with van der Waals surface area (Å²) in [5.74, 6) is 0. The average Bonchev–Trinajstić information content (AvgIpc) is 2.56. The van der Waals surface area contributed by atoms with Gasteiger partial charge in [-0.05, 0) is 11.1 Å². The summed E-state index contributed by atoms with van der Waals surface area (Å²) in [6, 6.07) is 7.52. The van der Waals surface area contributed by atoms with Gasteiger partial charge >= 0.3 is 6.18 Å². The largest absolute Gasteiger partial charge is 0.413 e. The molecule has 2 rings (SSSR count). The van der Waals surface area contributed by atoms with Crippen LogP contribution in [-0.2, 0) is 17.9 Å². The third-order valence-electron chi connectivity index (χ3n) is 2.22. The Morgan fingerprint density at radius 1 is 1.13 bits per heavy atom. The highest BCUT2D eigenvalue weighted by Gasteiger charge is 2.30. The summed E-state index contributed by atoms with van der Waals surface area (Å²) < 4.78 is 35.7. The number of halogens is 3. The molecular weight excluding hydrogens is 207 g/mol. The van der Waals surface area contributed by atoms with E-state index in [4.69, 9.17) is 0 Å². The van der Waals surface area contributed by atoms with Crippen LogP contribution in [0.2, 0.25) is 0 Å². The zero-order chi connectivity index (χ0) is 10.9. The predicted molar refractivity (Wildman–Crippen MR) is 47.7 cm³/mol. The van der Waals surface area contributed by atoms with Crippen molar-refractivity contribution in [2.24, 2.45) is 0 Å². The summed E-state index contributed by atoms with van der Waals surface area (Å²) in [4.78, 5) is 4.66. The first-order valence-corrected chi connectivity index (χ1v) is 4.56. The molecule has 0 fully saturated rings. The number of benzene rings is 1. The van der Waals surface area contributed by atoms with Crippen LogP contribution in [0, 0.1) is 0 Å². The van der Waals surface area contributed by atoms with Gasteiger partial charge < -0.3 is 0 Å². The number of hydrogen-bond acceptors (Lipinski definition) is 2. The van der Waals surface area contributed by atoms with E-state index in [9.17, 15) is 13.2 Å². The van der Waals surface area contributed by atoms with Crippen molar-refractivity contribution in [2.75, 3.05) is 6.61 Å².